The molecule has 0 saturated heterocycles. The first kappa shape index (κ1) is 21.4. The van der Waals surface area contributed by atoms with Gasteiger partial charge in [-0.1, -0.05) is 25.0 Å². The maximum absolute atomic E-state index is 12.6. The largest absolute Gasteiger partial charge is 0.325 e. The van der Waals surface area contributed by atoms with Crippen LogP contribution in [0, 0.1) is 5.92 Å². The third-order valence-electron chi connectivity index (χ3n) is 4.93. The number of amides is 1. The summed E-state index contributed by atoms with van der Waals surface area (Å²) in [4.78, 5) is 12.8. The van der Waals surface area contributed by atoms with Gasteiger partial charge < -0.3 is 11.1 Å². The number of nitrogens with zero attached hydrogens (tertiary/aromatic N) is 2. The van der Waals surface area contributed by atoms with Crippen LogP contribution in [0.2, 0.25) is 0 Å². The van der Waals surface area contributed by atoms with Crippen molar-refractivity contribution in [2.45, 2.75) is 43.0 Å². The van der Waals surface area contributed by atoms with Crippen molar-refractivity contribution >= 4 is 33.8 Å². The first-order valence-electron chi connectivity index (χ1n) is 8.62. The van der Waals surface area contributed by atoms with Gasteiger partial charge in [-0.05, 0) is 31.9 Å². The van der Waals surface area contributed by atoms with E-state index in [1.165, 1.54) is 16.9 Å². The molecular formula is C18H25ClN4O3S. The summed E-state index contributed by atoms with van der Waals surface area (Å²) >= 11 is 0. The summed E-state index contributed by atoms with van der Waals surface area (Å²) in [6.45, 7) is 1.92. The Morgan fingerprint density at radius 3 is 2.70 bits per heavy atom. The molecule has 3 rings (SSSR count). The average Bonchev–Trinajstić information content (AvgIpc) is 3.02. The van der Waals surface area contributed by atoms with Crippen LogP contribution in [0.5, 0.6) is 0 Å². The number of nitrogens with one attached hydrogen (secondary N) is 1. The summed E-state index contributed by atoms with van der Waals surface area (Å²) in [5.41, 5.74) is 6.73. The van der Waals surface area contributed by atoms with Crippen molar-refractivity contribution in [3.05, 3.63) is 36.7 Å². The number of nitrogens with two attached hydrogens (primary N) is 1. The monoisotopic (exact) mass is 412 g/mol. The lowest BCUT2D eigenvalue weighted by Gasteiger charge is -2.37. The molecule has 7 nitrogen and oxygen atoms in total. The van der Waals surface area contributed by atoms with Gasteiger partial charge in [-0.2, -0.15) is 5.10 Å². The molecule has 0 aliphatic heterocycles. The Hall–Kier alpha value is -1.90. The number of para-hydroxylation sites is 1. The van der Waals surface area contributed by atoms with E-state index in [0.717, 1.165) is 31.9 Å². The van der Waals surface area contributed by atoms with Crippen molar-refractivity contribution in [2.75, 3.05) is 11.6 Å². The SMILES string of the molecule is CC1(N)CCCCC1C(=O)Nc1cnn(-c2ccccc2S(C)(=O)=O)c1.Cl. The second-order valence-electron chi connectivity index (χ2n) is 7.21. The van der Waals surface area contributed by atoms with Gasteiger partial charge in [0.15, 0.2) is 9.84 Å². The Morgan fingerprint density at radius 2 is 2.04 bits per heavy atom. The highest BCUT2D eigenvalue weighted by atomic mass is 35.5. The minimum atomic E-state index is -3.39. The Bertz CT molecular complexity index is 924. The molecule has 3 N–H and O–H groups in total. The van der Waals surface area contributed by atoms with Crippen molar-refractivity contribution in [1.82, 2.24) is 9.78 Å². The molecule has 1 amide bonds. The molecule has 1 saturated carbocycles. The highest BCUT2D eigenvalue weighted by Crippen LogP contribution is 2.32. The molecule has 0 radical (unpaired) electrons. The third-order valence-corrected chi connectivity index (χ3v) is 6.08. The molecule has 0 spiro atoms. The normalized spacial score (nSPS) is 22.7. The zero-order chi connectivity index (χ0) is 18.9. The Labute approximate surface area is 165 Å². The summed E-state index contributed by atoms with van der Waals surface area (Å²) in [5.74, 6) is -0.367. The fraction of sp³-hybridized carbons (Fsp3) is 0.444. The highest BCUT2D eigenvalue weighted by molar-refractivity contribution is 7.90. The number of aromatic nitrogens is 2. The summed E-state index contributed by atoms with van der Waals surface area (Å²) in [6, 6.07) is 6.61. The Kier molecular flexibility index (Phi) is 6.34. The number of anilines is 1. The van der Waals surface area contributed by atoms with E-state index in [0.29, 0.717) is 11.4 Å². The number of hydrogen-bond donors (Lipinski definition) is 2. The molecule has 2 aromatic rings. The lowest BCUT2D eigenvalue weighted by atomic mass is 9.74. The molecule has 1 aliphatic rings. The average molecular weight is 413 g/mol. The Morgan fingerprint density at radius 1 is 1.33 bits per heavy atom. The van der Waals surface area contributed by atoms with Gasteiger partial charge in [-0.3, -0.25) is 4.79 Å². The number of carbonyl (C=O) groups is 1. The van der Waals surface area contributed by atoms with Gasteiger partial charge in [-0.15, -0.1) is 12.4 Å². The predicted molar refractivity (Wildman–Crippen MR) is 107 cm³/mol. The first-order chi connectivity index (χ1) is 12.2. The zero-order valence-corrected chi connectivity index (χ0v) is 17.0. The Balaban J connectivity index is 0.00000261. The molecule has 1 fully saturated rings. The van der Waals surface area contributed by atoms with Crippen molar-refractivity contribution < 1.29 is 13.2 Å². The second kappa shape index (κ2) is 8.00. The van der Waals surface area contributed by atoms with Crippen molar-refractivity contribution in [3.8, 4) is 5.69 Å². The first-order valence-corrected chi connectivity index (χ1v) is 10.5. The van der Waals surface area contributed by atoms with Crippen molar-refractivity contribution in [3.63, 3.8) is 0 Å². The van der Waals surface area contributed by atoms with Gasteiger partial charge >= 0.3 is 0 Å². The fourth-order valence-electron chi connectivity index (χ4n) is 3.50. The van der Waals surface area contributed by atoms with E-state index in [1.54, 1.807) is 24.4 Å². The van der Waals surface area contributed by atoms with E-state index < -0.39 is 15.4 Å². The summed E-state index contributed by atoms with van der Waals surface area (Å²) < 4.78 is 25.4. The van der Waals surface area contributed by atoms with Gasteiger partial charge in [0.2, 0.25) is 5.91 Å². The van der Waals surface area contributed by atoms with Crippen LogP contribution in [0.15, 0.2) is 41.6 Å². The smallest absolute Gasteiger partial charge is 0.229 e. The van der Waals surface area contributed by atoms with E-state index in [2.05, 4.69) is 10.4 Å². The van der Waals surface area contributed by atoms with Gasteiger partial charge in [0.1, 0.15) is 0 Å². The molecule has 1 heterocycles. The second-order valence-corrected chi connectivity index (χ2v) is 9.19. The lowest BCUT2D eigenvalue weighted by Crippen LogP contribution is -2.51. The highest BCUT2D eigenvalue weighted by Gasteiger charge is 2.37. The lowest BCUT2D eigenvalue weighted by molar-refractivity contribution is -0.122. The van der Waals surface area contributed by atoms with Crippen LogP contribution in [-0.2, 0) is 14.6 Å². The molecule has 2 unspecified atom stereocenters. The van der Waals surface area contributed by atoms with Crippen LogP contribution < -0.4 is 11.1 Å². The topological polar surface area (TPSA) is 107 Å². The maximum atomic E-state index is 12.6. The van der Waals surface area contributed by atoms with Crippen LogP contribution >= 0.6 is 12.4 Å². The van der Waals surface area contributed by atoms with E-state index in [9.17, 15) is 13.2 Å². The summed E-state index contributed by atoms with van der Waals surface area (Å²) in [5, 5.41) is 7.07. The van der Waals surface area contributed by atoms with Crippen molar-refractivity contribution in [1.29, 1.82) is 0 Å². The van der Waals surface area contributed by atoms with Gasteiger partial charge in [0.25, 0.3) is 0 Å². The summed E-state index contributed by atoms with van der Waals surface area (Å²) in [7, 11) is -3.39. The molecular weight excluding hydrogens is 388 g/mol. The number of benzene rings is 1. The van der Waals surface area contributed by atoms with Gasteiger partial charge in [0, 0.05) is 11.8 Å². The van der Waals surface area contributed by atoms with Crippen LogP contribution in [0.25, 0.3) is 5.69 Å². The molecule has 9 heteroatoms. The quantitative estimate of drug-likeness (QED) is 0.802. The number of hydrogen-bond acceptors (Lipinski definition) is 5. The van der Waals surface area contributed by atoms with Crippen LogP contribution in [0.1, 0.15) is 32.6 Å². The number of halogens is 1. The van der Waals surface area contributed by atoms with E-state index in [4.69, 9.17) is 5.73 Å². The van der Waals surface area contributed by atoms with E-state index in [1.807, 2.05) is 6.92 Å². The third kappa shape index (κ3) is 4.69. The predicted octanol–water partition coefficient (Wildman–Crippen LogP) is 2.54. The van der Waals surface area contributed by atoms with Crippen LogP contribution in [0.4, 0.5) is 5.69 Å². The number of rotatable bonds is 4. The van der Waals surface area contributed by atoms with E-state index in [-0.39, 0.29) is 29.1 Å². The van der Waals surface area contributed by atoms with Gasteiger partial charge in [-0.25, -0.2) is 13.1 Å². The molecule has 148 valence electrons. The minimum Gasteiger partial charge on any atom is -0.325 e. The molecule has 0 bridgehead atoms. The zero-order valence-electron chi connectivity index (χ0n) is 15.4. The van der Waals surface area contributed by atoms with E-state index >= 15 is 0 Å². The standard InChI is InChI=1S/C18H24N4O3S.ClH/c1-18(19)10-6-5-7-14(18)17(23)21-13-11-20-22(12-13)15-8-3-4-9-16(15)26(2,24)25;/h3-4,8-9,11-12,14H,5-7,10,19H2,1-2H3,(H,21,23);1H. The van der Waals surface area contributed by atoms with Crippen LogP contribution in [0.3, 0.4) is 0 Å². The summed E-state index contributed by atoms with van der Waals surface area (Å²) in [6.07, 6.45) is 7.90. The number of carbonyl (C=O) groups excluding carboxylic acids is 1. The molecule has 27 heavy (non-hydrogen) atoms. The fourth-order valence-corrected chi connectivity index (χ4v) is 4.36. The molecule has 2 atom stereocenters. The van der Waals surface area contributed by atoms with Crippen LogP contribution in [-0.4, -0.2) is 35.9 Å². The molecule has 1 aromatic heterocycles. The van der Waals surface area contributed by atoms with Gasteiger partial charge in [0.05, 0.1) is 34.6 Å². The minimum absolute atomic E-state index is 0. The molecule has 1 aromatic carbocycles. The molecule has 1 aliphatic carbocycles. The number of sulfone groups is 1. The maximum Gasteiger partial charge on any atom is 0.229 e. The van der Waals surface area contributed by atoms with Crippen molar-refractivity contribution in [2.24, 2.45) is 11.7 Å².